The molecule has 0 aliphatic rings. The predicted octanol–water partition coefficient (Wildman–Crippen LogP) is 1.83. The van der Waals surface area contributed by atoms with Gasteiger partial charge < -0.3 is 14.9 Å². The summed E-state index contributed by atoms with van der Waals surface area (Å²) in [6, 6.07) is 3.98. The van der Waals surface area contributed by atoms with Gasteiger partial charge >= 0.3 is 5.97 Å². The molecule has 94 valence electrons. The molecule has 1 aromatic heterocycles. The van der Waals surface area contributed by atoms with Crippen LogP contribution in [0.1, 0.15) is 22.1 Å². The van der Waals surface area contributed by atoms with Crippen molar-refractivity contribution in [1.82, 2.24) is 10.1 Å². The van der Waals surface area contributed by atoms with Gasteiger partial charge in [-0.15, -0.1) is 0 Å². The van der Waals surface area contributed by atoms with E-state index < -0.39 is 17.3 Å². The third-order valence-corrected chi connectivity index (χ3v) is 2.23. The van der Waals surface area contributed by atoms with Crippen LogP contribution in [0.25, 0.3) is 0 Å². The van der Waals surface area contributed by atoms with E-state index >= 15 is 0 Å². The minimum atomic E-state index is -1.34. The number of halogens is 1. The third kappa shape index (κ3) is 2.45. The Bertz CT molecular complexity index is 583. The van der Waals surface area contributed by atoms with Crippen molar-refractivity contribution in [3.8, 4) is 0 Å². The highest BCUT2D eigenvalue weighted by molar-refractivity contribution is 5.94. The van der Waals surface area contributed by atoms with Gasteiger partial charge in [-0.25, -0.2) is 9.18 Å². The molecule has 1 heterocycles. The summed E-state index contributed by atoms with van der Waals surface area (Å²) in [6.07, 6.45) is 0. The Labute approximate surface area is 101 Å². The normalized spacial score (nSPS) is 10.3. The number of carbonyl (C=O) groups is 1. The van der Waals surface area contributed by atoms with Crippen LogP contribution in [0.5, 0.6) is 0 Å². The molecule has 7 heteroatoms. The molecule has 0 bridgehead atoms. The summed E-state index contributed by atoms with van der Waals surface area (Å²) in [5.41, 5.74) is -0.243. The van der Waals surface area contributed by atoms with Crippen molar-refractivity contribution >= 4 is 11.7 Å². The number of benzene rings is 1. The standard InChI is InChI=1S/C11H10FN3O3/c1-6-14-9(18-15-6)5-13-8-4-2-3-7(12)10(8)11(16)17/h2-4,13H,5H2,1H3,(H,16,17). The summed E-state index contributed by atoms with van der Waals surface area (Å²) in [5.74, 6) is -1.36. The summed E-state index contributed by atoms with van der Waals surface area (Å²) in [6.45, 7) is 1.79. The molecule has 2 rings (SSSR count). The number of hydrogen-bond acceptors (Lipinski definition) is 5. The topological polar surface area (TPSA) is 88.2 Å². The number of nitrogens with zero attached hydrogens (tertiary/aromatic N) is 2. The summed E-state index contributed by atoms with van der Waals surface area (Å²) in [5, 5.41) is 15.3. The van der Waals surface area contributed by atoms with Gasteiger partial charge in [-0.1, -0.05) is 11.2 Å². The highest BCUT2D eigenvalue weighted by atomic mass is 19.1. The maximum atomic E-state index is 13.4. The van der Waals surface area contributed by atoms with Gasteiger partial charge in [-0.05, 0) is 19.1 Å². The summed E-state index contributed by atoms with van der Waals surface area (Å²) >= 11 is 0. The molecule has 0 unspecified atom stereocenters. The SMILES string of the molecule is Cc1noc(CNc2cccc(F)c2C(=O)O)n1. The largest absolute Gasteiger partial charge is 0.478 e. The predicted molar refractivity (Wildman–Crippen MR) is 59.7 cm³/mol. The Morgan fingerprint density at radius 2 is 2.33 bits per heavy atom. The third-order valence-electron chi connectivity index (χ3n) is 2.23. The lowest BCUT2D eigenvalue weighted by atomic mass is 10.1. The van der Waals surface area contributed by atoms with Crippen molar-refractivity contribution in [3.05, 3.63) is 41.3 Å². The molecular weight excluding hydrogens is 241 g/mol. The molecule has 0 saturated carbocycles. The van der Waals surface area contributed by atoms with Gasteiger partial charge in [0.1, 0.15) is 11.4 Å². The van der Waals surface area contributed by atoms with E-state index in [1.165, 1.54) is 12.1 Å². The van der Waals surface area contributed by atoms with Gasteiger partial charge in [0.2, 0.25) is 5.89 Å². The lowest BCUT2D eigenvalue weighted by Gasteiger charge is -2.07. The van der Waals surface area contributed by atoms with Crippen LogP contribution in [0.3, 0.4) is 0 Å². The number of rotatable bonds is 4. The number of aryl methyl sites for hydroxylation is 1. The van der Waals surface area contributed by atoms with E-state index in [4.69, 9.17) is 9.63 Å². The van der Waals surface area contributed by atoms with Crippen LogP contribution >= 0.6 is 0 Å². The first-order valence-electron chi connectivity index (χ1n) is 5.13. The van der Waals surface area contributed by atoms with E-state index in [1.807, 2.05) is 0 Å². The van der Waals surface area contributed by atoms with Gasteiger partial charge in [0.05, 0.1) is 12.2 Å². The van der Waals surface area contributed by atoms with Gasteiger partial charge in [-0.2, -0.15) is 4.98 Å². The zero-order chi connectivity index (χ0) is 13.1. The first-order chi connectivity index (χ1) is 8.58. The minimum absolute atomic E-state index is 0.130. The Morgan fingerprint density at radius 1 is 1.56 bits per heavy atom. The maximum Gasteiger partial charge on any atom is 0.340 e. The highest BCUT2D eigenvalue weighted by Crippen LogP contribution is 2.19. The van der Waals surface area contributed by atoms with Crippen molar-refractivity contribution in [3.63, 3.8) is 0 Å². The molecule has 18 heavy (non-hydrogen) atoms. The second-order valence-corrected chi connectivity index (χ2v) is 3.56. The van der Waals surface area contributed by atoms with E-state index in [0.717, 1.165) is 6.07 Å². The summed E-state index contributed by atoms with van der Waals surface area (Å²) < 4.78 is 18.2. The van der Waals surface area contributed by atoms with E-state index in [2.05, 4.69) is 15.5 Å². The molecule has 0 amide bonds. The van der Waals surface area contributed by atoms with Gasteiger partial charge in [0.15, 0.2) is 5.82 Å². The fourth-order valence-corrected chi connectivity index (χ4v) is 1.47. The first kappa shape index (κ1) is 12.0. The van der Waals surface area contributed by atoms with Crippen LogP contribution in [0.4, 0.5) is 10.1 Å². The fraction of sp³-hybridized carbons (Fsp3) is 0.182. The number of carboxylic acids is 1. The summed E-state index contributed by atoms with van der Waals surface area (Å²) in [7, 11) is 0. The van der Waals surface area contributed by atoms with Crippen molar-refractivity contribution in [1.29, 1.82) is 0 Å². The molecule has 0 spiro atoms. The Morgan fingerprint density at radius 3 is 2.94 bits per heavy atom. The number of hydrogen-bond donors (Lipinski definition) is 2. The molecule has 0 saturated heterocycles. The number of anilines is 1. The van der Waals surface area contributed by atoms with Crippen LogP contribution in [-0.2, 0) is 6.54 Å². The quantitative estimate of drug-likeness (QED) is 0.861. The van der Waals surface area contributed by atoms with Crippen molar-refractivity contribution in [2.75, 3.05) is 5.32 Å². The number of aromatic nitrogens is 2. The molecule has 2 aromatic rings. The van der Waals surface area contributed by atoms with Crippen LogP contribution < -0.4 is 5.32 Å². The monoisotopic (exact) mass is 251 g/mol. The molecule has 2 N–H and O–H groups in total. The van der Waals surface area contributed by atoms with Crippen LogP contribution in [0.15, 0.2) is 22.7 Å². The van der Waals surface area contributed by atoms with Gasteiger partial charge in [0, 0.05) is 0 Å². The van der Waals surface area contributed by atoms with Crippen molar-refractivity contribution in [2.45, 2.75) is 13.5 Å². The van der Waals surface area contributed by atoms with Crippen LogP contribution in [0, 0.1) is 12.7 Å². The maximum absolute atomic E-state index is 13.4. The molecule has 0 atom stereocenters. The van der Waals surface area contributed by atoms with E-state index in [1.54, 1.807) is 6.92 Å². The lowest BCUT2D eigenvalue weighted by Crippen LogP contribution is -2.08. The smallest absolute Gasteiger partial charge is 0.340 e. The van der Waals surface area contributed by atoms with Crippen LogP contribution in [-0.4, -0.2) is 21.2 Å². The second-order valence-electron chi connectivity index (χ2n) is 3.56. The Balaban J connectivity index is 2.19. The van der Waals surface area contributed by atoms with E-state index in [0.29, 0.717) is 11.7 Å². The Kier molecular flexibility index (Phi) is 3.22. The molecule has 0 aliphatic carbocycles. The molecule has 1 aromatic carbocycles. The molecule has 0 fully saturated rings. The number of nitrogens with one attached hydrogen (secondary N) is 1. The van der Waals surface area contributed by atoms with E-state index in [9.17, 15) is 9.18 Å². The highest BCUT2D eigenvalue weighted by Gasteiger charge is 2.15. The lowest BCUT2D eigenvalue weighted by molar-refractivity contribution is 0.0693. The van der Waals surface area contributed by atoms with Crippen molar-refractivity contribution < 1.29 is 18.8 Å². The Hall–Kier alpha value is -2.44. The van der Waals surface area contributed by atoms with Crippen molar-refractivity contribution in [2.24, 2.45) is 0 Å². The first-order valence-corrected chi connectivity index (χ1v) is 5.13. The average Bonchev–Trinajstić information content (AvgIpc) is 2.72. The number of carboxylic acid groups (broad SMARTS) is 1. The zero-order valence-electron chi connectivity index (χ0n) is 9.48. The second kappa shape index (κ2) is 4.82. The molecule has 0 aliphatic heterocycles. The van der Waals surface area contributed by atoms with E-state index in [-0.39, 0.29) is 12.2 Å². The number of aromatic carboxylic acids is 1. The van der Waals surface area contributed by atoms with Crippen LogP contribution in [0.2, 0.25) is 0 Å². The van der Waals surface area contributed by atoms with Gasteiger partial charge in [0.25, 0.3) is 0 Å². The minimum Gasteiger partial charge on any atom is -0.478 e. The fourth-order valence-electron chi connectivity index (χ4n) is 1.47. The molecule has 0 radical (unpaired) electrons. The van der Waals surface area contributed by atoms with Gasteiger partial charge in [-0.3, -0.25) is 0 Å². The average molecular weight is 251 g/mol. The summed E-state index contributed by atoms with van der Waals surface area (Å²) in [4.78, 5) is 14.9. The molecular formula is C11H10FN3O3. The zero-order valence-corrected chi connectivity index (χ0v) is 9.48. The molecule has 6 nitrogen and oxygen atoms in total.